The molecule has 47 heavy (non-hydrogen) atoms. The summed E-state index contributed by atoms with van der Waals surface area (Å²) in [6, 6.07) is 29.1. The first kappa shape index (κ1) is 31.8. The summed E-state index contributed by atoms with van der Waals surface area (Å²) in [4.78, 5) is 18.9. The Morgan fingerprint density at radius 1 is 0.936 bits per heavy atom. The Morgan fingerprint density at radius 3 is 2.36 bits per heavy atom. The van der Waals surface area contributed by atoms with E-state index in [0.717, 1.165) is 56.4 Å². The molecule has 8 heteroatoms. The van der Waals surface area contributed by atoms with Crippen LogP contribution >= 0.6 is 11.6 Å². The van der Waals surface area contributed by atoms with Gasteiger partial charge < -0.3 is 14.0 Å². The average Bonchev–Trinajstić information content (AvgIpc) is 3.35. The molecule has 0 saturated heterocycles. The summed E-state index contributed by atoms with van der Waals surface area (Å²) in [6.45, 7) is 10.8. The van der Waals surface area contributed by atoms with Gasteiger partial charge in [0.25, 0.3) is 5.56 Å². The van der Waals surface area contributed by atoms with E-state index in [0.29, 0.717) is 28.4 Å². The third-order valence-corrected chi connectivity index (χ3v) is 8.64. The standard InChI is InChI=1S/C39H37ClN4O3/c1-24(2)34-21-35(25(3)19-37(34)46-6)38-42-36-10-8-7-9-33(36)39(45)44(38)41-22-29-20-26(4)43(27(29)5)31-15-17-32(18-16-31)47-23-28-11-13-30(40)14-12-28/h7-22,24H,23H2,1-6H3. The predicted molar refractivity (Wildman–Crippen MR) is 191 cm³/mol. The number of fused-ring (bicyclic) bond motifs is 1. The third-order valence-electron chi connectivity index (χ3n) is 8.39. The highest BCUT2D eigenvalue weighted by Gasteiger charge is 2.19. The Hall–Kier alpha value is -5.14. The number of rotatable bonds is 9. The fourth-order valence-electron chi connectivity index (χ4n) is 5.85. The second kappa shape index (κ2) is 13.3. The van der Waals surface area contributed by atoms with Crippen molar-refractivity contribution >= 4 is 28.7 Å². The van der Waals surface area contributed by atoms with Crippen molar-refractivity contribution in [2.75, 3.05) is 7.11 Å². The molecule has 0 atom stereocenters. The van der Waals surface area contributed by atoms with Crippen LogP contribution in [0.15, 0.2) is 101 Å². The minimum atomic E-state index is -0.230. The van der Waals surface area contributed by atoms with Crippen LogP contribution in [-0.4, -0.2) is 27.6 Å². The fraction of sp³-hybridized carbons (Fsp3) is 0.205. The predicted octanol–water partition coefficient (Wildman–Crippen LogP) is 9.03. The van der Waals surface area contributed by atoms with Crippen molar-refractivity contribution in [1.82, 2.24) is 14.2 Å². The minimum absolute atomic E-state index is 0.211. The van der Waals surface area contributed by atoms with Crippen LogP contribution in [0.2, 0.25) is 5.02 Å². The first-order valence-corrected chi connectivity index (χ1v) is 15.9. The number of aromatic nitrogens is 3. The lowest BCUT2D eigenvalue weighted by molar-refractivity contribution is 0.306. The number of halogens is 1. The van der Waals surface area contributed by atoms with E-state index in [1.54, 1.807) is 19.4 Å². The van der Waals surface area contributed by atoms with Crippen molar-refractivity contribution < 1.29 is 9.47 Å². The average molecular weight is 645 g/mol. The van der Waals surface area contributed by atoms with E-state index in [9.17, 15) is 4.79 Å². The molecule has 6 rings (SSSR count). The molecule has 0 aliphatic rings. The van der Waals surface area contributed by atoms with Gasteiger partial charge in [0, 0.05) is 33.2 Å². The van der Waals surface area contributed by atoms with E-state index >= 15 is 0 Å². The molecule has 0 saturated carbocycles. The van der Waals surface area contributed by atoms with Crippen LogP contribution in [0.5, 0.6) is 11.5 Å². The monoisotopic (exact) mass is 644 g/mol. The molecule has 0 unspecified atom stereocenters. The first-order valence-electron chi connectivity index (χ1n) is 15.6. The molecule has 0 aliphatic heterocycles. The summed E-state index contributed by atoms with van der Waals surface area (Å²) in [5.74, 6) is 2.28. The van der Waals surface area contributed by atoms with Crippen molar-refractivity contribution in [3.05, 3.63) is 140 Å². The molecule has 6 aromatic rings. The fourth-order valence-corrected chi connectivity index (χ4v) is 5.97. The maximum absolute atomic E-state index is 13.9. The number of aryl methyl sites for hydroxylation is 2. The molecule has 0 spiro atoms. The van der Waals surface area contributed by atoms with Gasteiger partial charge >= 0.3 is 0 Å². The van der Waals surface area contributed by atoms with Crippen LogP contribution in [0, 0.1) is 20.8 Å². The van der Waals surface area contributed by atoms with Gasteiger partial charge in [0.1, 0.15) is 18.1 Å². The van der Waals surface area contributed by atoms with Crippen LogP contribution in [0.25, 0.3) is 28.0 Å². The quantitative estimate of drug-likeness (QED) is 0.147. The van der Waals surface area contributed by atoms with Crippen LogP contribution in [-0.2, 0) is 6.61 Å². The Bertz CT molecular complexity index is 2160. The molecule has 7 nitrogen and oxygen atoms in total. The van der Waals surface area contributed by atoms with Gasteiger partial charge in [-0.1, -0.05) is 49.7 Å². The number of methoxy groups -OCH3 is 1. The van der Waals surface area contributed by atoms with Crippen molar-refractivity contribution in [2.24, 2.45) is 5.10 Å². The van der Waals surface area contributed by atoms with Gasteiger partial charge in [-0.2, -0.15) is 9.78 Å². The molecule has 0 radical (unpaired) electrons. The molecule has 0 fully saturated rings. The Labute approximate surface area is 279 Å². The normalized spacial score (nSPS) is 11.6. The highest BCUT2D eigenvalue weighted by molar-refractivity contribution is 6.30. The van der Waals surface area contributed by atoms with E-state index in [1.165, 1.54) is 4.68 Å². The second-order valence-electron chi connectivity index (χ2n) is 11.9. The molecule has 0 bridgehead atoms. The first-order chi connectivity index (χ1) is 22.6. The zero-order chi connectivity index (χ0) is 33.2. The highest BCUT2D eigenvalue weighted by Crippen LogP contribution is 2.34. The van der Waals surface area contributed by atoms with Crippen LogP contribution < -0.4 is 15.0 Å². The Kier molecular flexibility index (Phi) is 9.01. The van der Waals surface area contributed by atoms with E-state index in [1.807, 2.05) is 86.6 Å². The van der Waals surface area contributed by atoms with Crippen molar-refractivity contribution in [3.8, 4) is 28.6 Å². The maximum Gasteiger partial charge on any atom is 0.282 e. The maximum atomic E-state index is 13.9. The van der Waals surface area contributed by atoms with Crippen LogP contribution in [0.4, 0.5) is 0 Å². The summed E-state index contributed by atoms with van der Waals surface area (Å²) >= 11 is 6.00. The van der Waals surface area contributed by atoms with Crippen molar-refractivity contribution in [2.45, 2.75) is 47.1 Å². The Balaban J connectivity index is 1.36. The van der Waals surface area contributed by atoms with E-state index < -0.39 is 0 Å². The smallest absolute Gasteiger partial charge is 0.282 e. The number of hydrogen-bond acceptors (Lipinski definition) is 5. The van der Waals surface area contributed by atoms with Crippen molar-refractivity contribution in [1.29, 1.82) is 0 Å². The molecule has 0 amide bonds. The summed E-state index contributed by atoms with van der Waals surface area (Å²) in [5.41, 5.74) is 8.17. The van der Waals surface area contributed by atoms with Gasteiger partial charge in [-0.25, -0.2) is 4.98 Å². The van der Waals surface area contributed by atoms with Gasteiger partial charge in [-0.3, -0.25) is 4.79 Å². The van der Waals surface area contributed by atoms with Gasteiger partial charge in [0.05, 0.1) is 24.2 Å². The molecule has 2 heterocycles. The summed E-state index contributed by atoms with van der Waals surface area (Å²) in [6.07, 6.45) is 1.74. The number of nitrogens with zero attached hydrogens (tertiary/aromatic N) is 4. The topological polar surface area (TPSA) is 70.6 Å². The second-order valence-corrected chi connectivity index (χ2v) is 12.4. The molecule has 0 N–H and O–H groups in total. The molecular formula is C39H37ClN4O3. The van der Waals surface area contributed by atoms with Gasteiger partial charge in [-0.05, 0) is 110 Å². The molecule has 238 valence electrons. The lowest BCUT2D eigenvalue weighted by Gasteiger charge is -2.17. The largest absolute Gasteiger partial charge is 0.496 e. The van der Waals surface area contributed by atoms with Gasteiger partial charge in [-0.15, -0.1) is 0 Å². The van der Waals surface area contributed by atoms with Gasteiger partial charge in [0.2, 0.25) is 0 Å². The Morgan fingerprint density at radius 2 is 1.66 bits per heavy atom. The zero-order valence-corrected chi connectivity index (χ0v) is 28.2. The zero-order valence-electron chi connectivity index (χ0n) is 27.4. The summed E-state index contributed by atoms with van der Waals surface area (Å²) in [5, 5.41) is 6.00. The van der Waals surface area contributed by atoms with E-state index in [2.05, 4.69) is 37.5 Å². The molecular weight excluding hydrogens is 608 g/mol. The number of benzene rings is 4. The summed E-state index contributed by atoms with van der Waals surface area (Å²) in [7, 11) is 1.68. The minimum Gasteiger partial charge on any atom is -0.496 e. The lowest BCUT2D eigenvalue weighted by atomic mass is 9.96. The number of hydrogen-bond donors (Lipinski definition) is 0. The molecule has 2 aromatic heterocycles. The van der Waals surface area contributed by atoms with Crippen LogP contribution in [0.3, 0.4) is 0 Å². The number of ether oxygens (including phenoxy) is 2. The van der Waals surface area contributed by atoms with E-state index in [-0.39, 0.29) is 11.5 Å². The third kappa shape index (κ3) is 6.44. The molecule has 4 aromatic carbocycles. The number of para-hydroxylation sites is 1. The highest BCUT2D eigenvalue weighted by atomic mass is 35.5. The SMILES string of the molecule is COc1cc(C)c(-c2nc3ccccc3c(=O)n2N=Cc2cc(C)n(-c3ccc(OCc4ccc(Cl)cc4)cc3)c2C)cc1C(C)C. The van der Waals surface area contributed by atoms with Crippen molar-refractivity contribution in [3.63, 3.8) is 0 Å². The van der Waals surface area contributed by atoms with Crippen LogP contribution in [0.1, 0.15) is 53.4 Å². The van der Waals surface area contributed by atoms with E-state index in [4.69, 9.17) is 31.2 Å². The molecule has 0 aliphatic carbocycles. The summed E-state index contributed by atoms with van der Waals surface area (Å²) < 4.78 is 15.2. The van der Waals surface area contributed by atoms with Gasteiger partial charge in [0.15, 0.2) is 5.82 Å². The lowest BCUT2D eigenvalue weighted by Crippen LogP contribution is -2.21.